The van der Waals surface area contributed by atoms with Crippen molar-refractivity contribution in [2.75, 3.05) is 23.9 Å². The molecule has 4 rings (SSSR count). The topological polar surface area (TPSA) is 69.7 Å². The minimum absolute atomic E-state index is 0.0659. The van der Waals surface area contributed by atoms with E-state index in [1.54, 1.807) is 12.1 Å². The van der Waals surface area contributed by atoms with E-state index >= 15 is 0 Å². The van der Waals surface area contributed by atoms with Crippen molar-refractivity contribution >= 4 is 21.6 Å². The van der Waals surface area contributed by atoms with Crippen molar-refractivity contribution in [1.29, 1.82) is 0 Å². The van der Waals surface area contributed by atoms with Crippen molar-refractivity contribution in [2.24, 2.45) is 0 Å². The molecule has 0 bridgehead atoms. The zero-order valence-electron chi connectivity index (χ0n) is 19.8. The Labute approximate surface area is 206 Å². The van der Waals surface area contributed by atoms with E-state index in [1.165, 1.54) is 49.2 Å². The molecule has 1 aliphatic heterocycles. The van der Waals surface area contributed by atoms with Crippen LogP contribution in [0.15, 0.2) is 77.7 Å². The number of sulfonamides is 1. The predicted molar refractivity (Wildman–Crippen MR) is 135 cm³/mol. The van der Waals surface area contributed by atoms with Crippen LogP contribution in [-0.4, -0.2) is 38.9 Å². The summed E-state index contributed by atoms with van der Waals surface area (Å²) in [5, 5.41) is 2.87. The van der Waals surface area contributed by atoms with Crippen molar-refractivity contribution in [3.05, 3.63) is 95.3 Å². The number of amides is 1. The van der Waals surface area contributed by atoms with Gasteiger partial charge >= 0.3 is 0 Å². The quantitative estimate of drug-likeness (QED) is 0.482. The zero-order valence-corrected chi connectivity index (χ0v) is 20.6. The summed E-state index contributed by atoms with van der Waals surface area (Å²) in [6.07, 6.45) is 2.40. The van der Waals surface area contributed by atoms with Crippen LogP contribution >= 0.6 is 0 Å². The molecule has 1 saturated heterocycles. The summed E-state index contributed by atoms with van der Waals surface area (Å²) in [4.78, 5) is 15.4. The molecule has 1 N–H and O–H groups in total. The Bertz CT molecular complexity index is 1260. The number of nitrogens with one attached hydrogen (secondary N) is 1. The Kier molecular flexibility index (Phi) is 7.83. The maximum absolute atomic E-state index is 13.5. The average Bonchev–Trinajstić information content (AvgIpc) is 3.36. The van der Waals surface area contributed by atoms with E-state index in [1.807, 2.05) is 25.1 Å². The number of halogens is 1. The zero-order chi connectivity index (χ0) is 24.8. The van der Waals surface area contributed by atoms with Crippen molar-refractivity contribution < 1.29 is 17.6 Å². The van der Waals surface area contributed by atoms with Crippen LogP contribution in [-0.2, 0) is 27.9 Å². The Balaban J connectivity index is 1.51. The van der Waals surface area contributed by atoms with Crippen LogP contribution in [0, 0.1) is 12.7 Å². The Morgan fingerprint density at radius 2 is 1.57 bits per heavy atom. The second kappa shape index (κ2) is 11.0. The predicted octanol–water partition coefficient (Wildman–Crippen LogP) is 4.24. The average molecular weight is 496 g/mol. The fourth-order valence-electron chi connectivity index (χ4n) is 4.21. The van der Waals surface area contributed by atoms with Gasteiger partial charge in [0.05, 0.1) is 10.6 Å². The van der Waals surface area contributed by atoms with Crippen LogP contribution in [0.3, 0.4) is 0 Å². The highest BCUT2D eigenvalue weighted by molar-refractivity contribution is 7.92. The number of carbonyl (C=O) groups is 1. The first kappa shape index (κ1) is 24.9. The number of likely N-dealkylation sites (tertiary alicyclic amines) is 1. The molecule has 1 fully saturated rings. The molecular weight excluding hydrogens is 465 g/mol. The van der Waals surface area contributed by atoms with Crippen molar-refractivity contribution in [3.8, 4) is 0 Å². The molecule has 1 amide bonds. The largest absolute Gasteiger partial charge is 0.350 e. The highest BCUT2D eigenvalue weighted by Crippen LogP contribution is 2.24. The fourth-order valence-corrected chi connectivity index (χ4v) is 5.63. The van der Waals surface area contributed by atoms with Gasteiger partial charge in [-0.25, -0.2) is 12.8 Å². The maximum atomic E-state index is 13.5. The van der Waals surface area contributed by atoms with E-state index in [4.69, 9.17) is 0 Å². The summed E-state index contributed by atoms with van der Waals surface area (Å²) in [6.45, 7) is 4.72. The number of carbonyl (C=O) groups excluding carboxylic acids is 1. The molecule has 0 radical (unpaired) electrons. The third-order valence-electron chi connectivity index (χ3n) is 6.20. The smallest absolute Gasteiger partial charge is 0.264 e. The molecule has 6 nitrogen and oxygen atoms in total. The van der Waals surface area contributed by atoms with Gasteiger partial charge in [0.1, 0.15) is 12.4 Å². The van der Waals surface area contributed by atoms with Gasteiger partial charge in [-0.2, -0.15) is 0 Å². The number of benzene rings is 3. The van der Waals surface area contributed by atoms with Gasteiger partial charge in [-0.05, 0) is 80.4 Å². The van der Waals surface area contributed by atoms with E-state index < -0.39 is 28.3 Å². The number of hydrogen-bond acceptors (Lipinski definition) is 4. The molecule has 0 aromatic heterocycles. The molecule has 184 valence electrons. The number of nitrogens with zero attached hydrogens (tertiary/aromatic N) is 2. The number of rotatable bonds is 9. The van der Waals surface area contributed by atoms with Gasteiger partial charge in [-0.15, -0.1) is 0 Å². The lowest BCUT2D eigenvalue weighted by Crippen LogP contribution is -2.40. The Hall–Kier alpha value is -3.23. The molecule has 0 atom stereocenters. The summed E-state index contributed by atoms with van der Waals surface area (Å²) in [6, 6.07) is 19.5. The second-order valence-corrected chi connectivity index (χ2v) is 10.7. The van der Waals surface area contributed by atoms with Crippen LogP contribution < -0.4 is 9.62 Å². The highest BCUT2D eigenvalue weighted by Gasteiger charge is 2.27. The summed E-state index contributed by atoms with van der Waals surface area (Å²) >= 11 is 0. The first-order valence-corrected chi connectivity index (χ1v) is 13.2. The minimum Gasteiger partial charge on any atom is -0.350 e. The van der Waals surface area contributed by atoms with E-state index in [-0.39, 0.29) is 10.6 Å². The maximum Gasteiger partial charge on any atom is 0.264 e. The van der Waals surface area contributed by atoms with Crippen molar-refractivity contribution in [3.63, 3.8) is 0 Å². The van der Waals surface area contributed by atoms with Gasteiger partial charge in [-0.1, -0.05) is 42.0 Å². The van der Waals surface area contributed by atoms with E-state index in [2.05, 4.69) is 16.3 Å². The molecule has 3 aromatic carbocycles. The molecule has 3 aromatic rings. The third kappa shape index (κ3) is 6.26. The van der Waals surface area contributed by atoms with Gasteiger partial charge in [0.2, 0.25) is 5.91 Å². The van der Waals surface area contributed by atoms with Crippen LogP contribution in [0.4, 0.5) is 10.1 Å². The van der Waals surface area contributed by atoms with Crippen LogP contribution in [0.1, 0.15) is 29.5 Å². The standard InChI is InChI=1S/C27H30FN3O3S/c1-21-8-14-26(15-9-21)35(33,34)31(25-12-10-24(28)11-13-25)20-27(32)29-18-22-6-2-3-7-23(22)19-30-16-4-5-17-30/h2-3,6-15H,4-5,16-20H2,1H3,(H,29,32). The van der Waals surface area contributed by atoms with Gasteiger partial charge in [0.15, 0.2) is 0 Å². The minimum atomic E-state index is -4.04. The van der Waals surface area contributed by atoms with E-state index in [0.29, 0.717) is 6.54 Å². The number of aryl methyl sites for hydroxylation is 1. The van der Waals surface area contributed by atoms with E-state index in [0.717, 1.165) is 40.6 Å². The lowest BCUT2D eigenvalue weighted by Gasteiger charge is -2.24. The molecule has 0 saturated carbocycles. The normalized spacial score (nSPS) is 14.1. The first-order chi connectivity index (χ1) is 16.8. The van der Waals surface area contributed by atoms with Crippen LogP contribution in [0.5, 0.6) is 0 Å². The van der Waals surface area contributed by atoms with Gasteiger partial charge < -0.3 is 5.32 Å². The lowest BCUT2D eigenvalue weighted by atomic mass is 10.1. The molecule has 0 unspecified atom stereocenters. The summed E-state index contributed by atoms with van der Waals surface area (Å²) < 4.78 is 41.4. The third-order valence-corrected chi connectivity index (χ3v) is 7.99. The summed E-state index contributed by atoms with van der Waals surface area (Å²) in [5.74, 6) is -0.929. The molecular formula is C27H30FN3O3S. The highest BCUT2D eigenvalue weighted by atomic mass is 32.2. The van der Waals surface area contributed by atoms with Crippen LogP contribution in [0.25, 0.3) is 0 Å². The second-order valence-electron chi connectivity index (χ2n) is 8.83. The molecule has 35 heavy (non-hydrogen) atoms. The summed E-state index contributed by atoms with van der Waals surface area (Å²) in [7, 11) is -4.04. The molecule has 1 heterocycles. The molecule has 0 spiro atoms. The van der Waals surface area contributed by atoms with Crippen LogP contribution in [0.2, 0.25) is 0 Å². The molecule has 1 aliphatic rings. The molecule has 0 aliphatic carbocycles. The number of hydrogen-bond donors (Lipinski definition) is 1. The SMILES string of the molecule is Cc1ccc(S(=O)(=O)N(CC(=O)NCc2ccccc2CN2CCCC2)c2ccc(F)cc2)cc1. The van der Waals surface area contributed by atoms with Gasteiger partial charge in [-0.3, -0.25) is 14.0 Å². The lowest BCUT2D eigenvalue weighted by molar-refractivity contribution is -0.119. The Morgan fingerprint density at radius 1 is 0.943 bits per heavy atom. The first-order valence-electron chi connectivity index (χ1n) is 11.7. The van der Waals surface area contributed by atoms with Gasteiger partial charge in [0, 0.05) is 13.1 Å². The van der Waals surface area contributed by atoms with E-state index in [9.17, 15) is 17.6 Å². The van der Waals surface area contributed by atoms with Crippen molar-refractivity contribution in [1.82, 2.24) is 10.2 Å². The molecule has 8 heteroatoms. The fraction of sp³-hybridized carbons (Fsp3) is 0.296. The Morgan fingerprint density at radius 3 is 2.23 bits per heavy atom. The number of anilines is 1. The van der Waals surface area contributed by atoms with Gasteiger partial charge in [0.25, 0.3) is 10.0 Å². The monoisotopic (exact) mass is 495 g/mol. The summed E-state index contributed by atoms with van der Waals surface area (Å²) in [5.41, 5.74) is 3.29. The van der Waals surface area contributed by atoms with Crippen molar-refractivity contribution in [2.45, 2.75) is 37.8 Å².